The van der Waals surface area contributed by atoms with Crippen LogP contribution < -0.4 is 0 Å². The average molecular weight is 366 g/mol. The van der Waals surface area contributed by atoms with Gasteiger partial charge < -0.3 is 5.11 Å². The van der Waals surface area contributed by atoms with Gasteiger partial charge in [-0.2, -0.15) is 0 Å². The molecule has 0 unspecified atom stereocenters. The maximum absolute atomic E-state index is 13.1. The molecule has 0 amide bonds. The summed E-state index contributed by atoms with van der Waals surface area (Å²) >= 11 is 7.81. The van der Waals surface area contributed by atoms with Gasteiger partial charge >= 0.3 is 0 Å². The Labute approximate surface area is 148 Å². The molecule has 1 fully saturated rings. The van der Waals surface area contributed by atoms with Crippen molar-refractivity contribution in [2.24, 2.45) is 0 Å². The maximum atomic E-state index is 13.1. The number of aliphatic hydroxyl groups is 1. The number of aromatic nitrogens is 2. The average Bonchev–Trinajstić information content (AvgIpc) is 3.12. The zero-order valence-electron chi connectivity index (χ0n) is 12.9. The second-order valence-corrected chi connectivity index (χ2v) is 7.39. The molecule has 4 rings (SSSR count). The van der Waals surface area contributed by atoms with Crippen LogP contribution in [0.1, 0.15) is 23.6 Å². The van der Waals surface area contributed by atoms with Crippen molar-refractivity contribution in [1.82, 2.24) is 14.3 Å². The van der Waals surface area contributed by atoms with E-state index in [0.29, 0.717) is 18.2 Å². The Morgan fingerprint density at radius 2 is 2.12 bits per heavy atom. The molecule has 4 nitrogen and oxygen atoms in total. The van der Waals surface area contributed by atoms with Crippen molar-refractivity contribution in [1.29, 1.82) is 0 Å². The van der Waals surface area contributed by atoms with Gasteiger partial charge in [0.2, 0.25) is 0 Å². The molecule has 24 heavy (non-hydrogen) atoms. The molecule has 0 aliphatic carbocycles. The summed E-state index contributed by atoms with van der Waals surface area (Å²) in [5.41, 5.74) is 1.95. The van der Waals surface area contributed by atoms with Crippen molar-refractivity contribution in [3.05, 3.63) is 58.1 Å². The molecule has 1 aliphatic heterocycles. The Bertz CT molecular complexity index is 847. The van der Waals surface area contributed by atoms with E-state index in [9.17, 15) is 9.50 Å². The van der Waals surface area contributed by atoms with Crippen molar-refractivity contribution >= 4 is 27.9 Å². The number of β-amino-alcohol motifs (C(OH)–C–C–N with tert-alkyl or cyclic N) is 1. The number of rotatable bonds is 3. The highest BCUT2D eigenvalue weighted by Crippen LogP contribution is 2.30. The third kappa shape index (κ3) is 2.95. The van der Waals surface area contributed by atoms with E-state index in [1.54, 1.807) is 23.5 Å². The summed E-state index contributed by atoms with van der Waals surface area (Å²) in [6.07, 6.45) is 2.32. The molecule has 1 N–H and O–H groups in total. The SMILES string of the molecule is O[C@@H]1CN(Cc2c(Cl)nc3sccn23)CC[C@H]1c1ccc(F)cc1. The van der Waals surface area contributed by atoms with E-state index in [1.165, 1.54) is 12.1 Å². The predicted molar refractivity (Wildman–Crippen MR) is 93.1 cm³/mol. The molecule has 1 aromatic carbocycles. The second-order valence-electron chi connectivity index (χ2n) is 6.15. The van der Waals surface area contributed by atoms with Crippen molar-refractivity contribution < 1.29 is 9.50 Å². The Hall–Kier alpha value is -1.47. The van der Waals surface area contributed by atoms with Gasteiger partial charge in [0, 0.05) is 30.6 Å². The zero-order chi connectivity index (χ0) is 16.7. The molecule has 0 bridgehead atoms. The number of hydrogen-bond acceptors (Lipinski definition) is 4. The Kier molecular flexibility index (Phi) is 4.30. The molecule has 1 aliphatic rings. The molecule has 2 aromatic heterocycles. The standard InChI is InChI=1S/C17H17ClFN3OS/c18-16-14(22-7-8-24-17(22)20-16)9-21-6-5-13(15(23)10-21)11-1-3-12(19)4-2-11/h1-4,7-8,13,15,23H,5-6,9-10H2/t13-,15+/m0/s1. The van der Waals surface area contributed by atoms with Gasteiger partial charge in [-0.05, 0) is 30.7 Å². The summed E-state index contributed by atoms with van der Waals surface area (Å²) in [4.78, 5) is 7.43. The summed E-state index contributed by atoms with van der Waals surface area (Å²) < 4.78 is 15.1. The molecule has 126 valence electrons. The van der Waals surface area contributed by atoms with Gasteiger partial charge in [0.15, 0.2) is 10.1 Å². The number of halogens is 2. The van der Waals surface area contributed by atoms with Crippen LogP contribution in [0.2, 0.25) is 5.15 Å². The quantitative estimate of drug-likeness (QED) is 0.771. The van der Waals surface area contributed by atoms with Gasteiger partial charge in [-0.15, -0.1) is 11.3 Å². The van der Waals surface area contributed by atoms with Crippen molar-refractivity contribution in [2.45, 2.75) is 25.0 Å². The first-order chi connectivity index (χ1) is 11.6. The Balaban J connectivity index is 1.47. The van der Waals surface area contributed by atoms with E-state index in [-0.39, 0.29) is 11.7 Å². The maximum Gasteiger partial charge on any atom is 0.195 e. The van der Waals surface area contributed by atoms with Gasteiger partial charge in [-0.3, -0.25) is 9.30 Å². The van der Waals surface area contributed by atoms with E-state index in [4.69, 9.17) is 11.6 Å². The first-order valence-electron chi connectivity index (χ1n) is 7.87. The number of fused-ring (bicyclic) bond motifs is 1. The van der Waals surface area contributed by atoms with Crippen LogP contribution in [0.4, 0.5) is 4.39 Å². The summed E-state index contributed by atoms with van der Waals surface area (Å²) in [5.74, 6) is -0.204. The normalized spacial score (nSPS) is 22.3. The van der Waals surface area contributed by atoms with Crippen LogP contribution in [0, 0.1) is 5.82 Å². The van der Waals surface area contributed by atoms with Gasteiger partial charge in [0.05, 0.1) is 11.8 Å². The fraction of sp³-hybridized carbons (Fsp3) is 0.353. The number of likely N-dealkylation sites (tertiary alicyclic amines) is 1. The molecule has 0 saturated carbocycles. The van der Waals surface area contributed by atoms with Crippen LogP contribution in [0.3, 0.4) is 0 Å². The number of hydrogen-bond donors (Lipinski definition) is 1. The highest BCUT2D eigenvalue weighted by atomic mass is 35.5. The van der Waals surface area contributed by atoms with E-state index < -0.39 is 6.10 Å². The molecule has 3 aromatic rings. The van der Waals surface area contributed by atoms with Crippen LogP contribution in [-0.2, 0) is 6.54 Å². The van der Waals surface area contributed by atoms with E-state index >= 15 is 0 Å². The highest BCUT2D eigenvalue weighted by molar-refractivity contribution is 7.15. The highest BCUT2D eigenvalue weighted by Gasteiger charge is 2.29. The minimum Gasteiger partial charge on any atom is -0.391 e. The lowest BCUT2D eigenvalue weighted by molar-refractivity contribution is 0.0470. The minimum atomic E-state index is -0.478. The topological polar surface area (TPSA) is 40.8 Å². The van der Waals surface area contributed by atoms with E-state index in [0.717, 1.165) is 29.2 Å². The lowest BCUT2D eigenvalue weighted by Gasteiger charge is -2.36. The smallest absolute Gasteiger partial charge is 0.195 e. The van der Waals surface area contributed by atoms with Crippen LogP contribution >= 0.6 is 22.9 Å². The van der Waals surface area contributed by atoms with Crippen molar-refractivity contribution in [3.8, 4) is 0 Å². The van der Waals surface area contributed by atoms with E-state index in [1.807, 2.05) is 16.0 Å². The number of piperidine rings is 1. The zero-order valence-corrected chi connectivity index (χ0v) is 14.5. The number of imidazole rings is 1. The fourth-order valence-corrected chi connectivity index (χ4v) is 4.41. The lowest BCUT2D eigenvalue weighted by Crippen LogP contribution is -2.42. The van der Waals surface area contributed by atoms with Gasteiger partial charge in [0.1, 0.15) is 5.82 Å². The molecular formula is C17H17ClFN3OS. The Morgan fingerprint density at radius 3 is 2.88 bits per heavy atom. The summed E-state index contributed by atoms with van der Waals surface area (Å²) in [6, 6.07) is 6.44. The third-order valence-corrected chi connectivity index (χ3v) is 5.71. The second kappa shape index (κ2) is 6.44. The Morgan fingerprint density at radius 1 is 1.33 bits per heavy atom. The molecule has 3 heterocycles. The molecule has 2 atom stereocenters. The van der Waals surface area contributed by atoms with Crippen LogP contribution in [0.15, 0.2) is 35.8 Å². The fourth-order valence-electron chi connectivity index (χ4n) is 3.40. The lowest BCUT2D eigenvalue weighted by atomic mass is 9.87. The number of thiazole rings is 1. The molecular weight excluding hydrogens is 349 g/mol. The summed E-state index contributed by atoms with van der Waals surface area (Å²) in [6.45, 7) is 2.08. The van der Waals surface area contributed by atoms with Crippen LogP contribution in [0.25, 0.3) is 4.96 Å². The van der Waals surface area contributed by atoms with Gasteiger partial charge in [-0.1, -0.05) is 23.7 Å². The van der Waals surface area contributed by atoms with Crippen molar-refractivity contribution in [2.75, 3.05) is 13.1 Å². The summed E-state index contributed by atoms with van der Waals surface area (Å²) in [7, 11) is 0. The third-order valence-electron chi connectivity index (χ3n) is 4.65. The van der Waals surface area contributed by atoms with Crippen LogP contribution in [0.5, 0.6) is 0 Å². The van der Waals surface area contributed by atoms with Crippen LogP contribution in [-0.4, -0.2) is 38.6 Å². The first kappa shape index (κ1) is 16.0. The summed E-state index contributed by atoms with van der Waals surface area (Å²) in [5, 5.41) is 13.1. The van der Waals surface area contributed by atoms with Gasteiger partial charge in [-0.25, -0.2) is 9.37 Å². The monoisotopic (exact) mass is 365 g/mol. The predicted octanol–water partition coefficient (Wildman–Crippen LogP) is 3.54. The minimum absolute atomic E-state index is 0.0453. The van der Waals surface area contributed by atoms with E-state index in [2.05, 4.69) is 9.88 Å². The first-order valence-corrected chi connectivity index (χ1v) is 9.13. The number of aliphatic hydroxyl groups excluding tert-OH is 1. The molecule has 0 spiro atoms. The van der Waals surface area contributed by atoms with Crippen molar-refractivity contribution in [3.63, 3.8) is 0 Å². The largest absolute Gasteiger partial charge is 0.391 e. The van der Waals surface area contributed by atoms with Gasteiger partial charge in [0.25, 0.3) is 0 Å². The molecule has 7 heteroatoms. The molecule has 1 saturated heterocycles. The number of nitrogens with zero attached hydrogens (tertiary/aromatic N) is 3. The number of benzene rings is 1. The molecule has 0 radical (unpaired) electrons.